The van der Waals surface area contributed by atoms with Gasteiger partial charge < -0.3 is 9.84 Å². The zero-order valence-corrected chi connectivity index (χ0v) is 9.80. The Morgan fingerprint density at radius 2 is 2.12 bits per heavy atom. The zero-order chi connectivity index (χ0) is 11.4. The molecular weight excluding hydrogens is 200 g/mol. The van der Waals surface area contributed by atoms with Gasteiger partial charge in [-0.3, -0.25) is 0 Å². The van der Waals surface area contributed by atoms with Gasteiger partial charge in [0.05, 0.1) is 12.2 Å². The largest absolute Gasteiger partial charge is 0.390 e. The van der Waals surface area contributed by atoms with Gasteiger partial charge in [0.2, 0.25) is 0 Å². The molecule has 2 rings (SSSR count). The average molecular weight is 220 g/mol. The van der Waals surface area contributed by atoms with Gasteiger partial charge in [0.1, 0.15) is 0 Å². The molecule has 3 atom stereocenters. The van der Waals surface area contributed by atoms with Gasteiger partial charge in [-0.25, -0.2) is 0 Å². The highest BCUT2D eigenvalue weighted by Gasteiger charge is 2.30. The van der Waals surface area contributed by atoms with Crippen molar-refractivity contribution in [3.63, 3.8) is 0 Å². The Bertz CT molecular complexity index is 310. The Hall–Kier alpha value is -0.860. The summed E-state index contributed by atoms with van der Waals surface area (Å²) in [6.45, 7) is 2.96. The fraction of sp³-hybridized carbons (Fsp3) is 0.571. The van der Waals surface area contributed by atoms with Crippen molar-refractivity contribution in [2.75, 3.05) is 6.61 Å². The highest BCUT2D eigenvalue weighted by atomic mass is 16.5. The Morgan fingerprint density at radius 1 is 1.38 bits per heavy atom. The van der Waals surface area contributed by atoms with Crippen molar-refractivity contribution in [3.8, 4) is 0 Å². The number of ether oxygens (including phenoxy) is 1. The maximum Gasteiger partial charge on any atom is 0.0860 e. The second-order valence-corrected chi connectivity index (χ2v) is 4.69. The van der Waals surface area contributed by atoms with Crippen LogP contribution in [0.2, 0.25) is 0 Å². The first-order valence-electron chi connectivity index (χ1n) is 6.11. The summed E-state index contributed by atoms with van der Waals surface area (Å²) in [6, 6.07) is 10.3. The fourth-order valence-electron chi connectivity index (χ4n) is 2.33. The van der Waals surface area contributed by atoms with Crippen LogP contribution in [0.5, 0.6) is 0 Å². The van der Waals surface area contributed by atoms with Crippen LogP contribution >= 0.6 is 0 Å². The number of benzene rings is 1. The summed E-state index contributed by atoms with van der Waals surface area (Å²) in [5, 5.41) is 10.1. The molecule has 1 saturated heterocycles. The third-order valence-electron chi connectivity index (χ3n) is 3.40. The van der Waals surface area contributed by atoms with E-state index in [1.165, 1.54) is 5.56 Å². The Balaban J connectivity index is 1.81. The minimum atomic E-state index is -0.322. The van der Waals surface area contributed by atoms with Crippen molar-refractivity contribution in [2.45, 2.75) is 38.4 Å². The van der Waals surface area contributed by atoms with Crippen LogP contribution in [0.4, 0.5) is 0 Å². The summed E-state index contributed by atoms with van der Waals surface area (Å²) in [4.78, 5) is 0. The molecule has 0 radical (unpaired) electrons. The molecule has 1 aliphatic heterocycles. The molecule has 1 fully saturated rings. The normalized spacial score (nSPS) is 26.9. The molecule has 2 nitrogen and oxygen atoms in total. The Morgan fingerprint density at radius 3 is 2.75 bits per heavy atom. The van der Waals surface area contributed by atoms with Crippen LogP contribution in [0.3, 0.4) is 0 Å². The van der Waals surface area contributed by atoms with E-state index in [2.05, 4.69) is 19.1 Å². The molecule has 2 heteroatoms. The lowest BCUT2D eigenvalue weighted by atomic mass is 9.95. The summed E-state index contributed by atoms with van der Waals surface area (Å²) in [5.74, 6) is 0.491. The van der Waals surface area contributed by atoms with E-state index in [1.807, 2.05) is 18.2 Å². The van der Waals surface area contributed by atoms with Crippen molar-refractivity contribution in [2.24, 2.45) is 5.92 Å². The van der Waals surface area contributed by atoms with E-state index in [4.69, 9.17) is 4.74 Å². The summed E-state index contributed by atoms with van der Waals surface area (Å²) in [6.07, 6.45) is 2.52. The van der Waals surface area contributed by atoms with E-state index in [9.17, 15) is 5.11 Å². The molecule has 3 unspecified atom stereocenters. The van der Waals surface area contributed by atoms with Crippen LogP contribution in [0.25, 0.3) is 0 Å². The molecular formula is C14H20O2. The van der Waals surface area contributed by atoms with Crippen molar-refractivity contribution >= 4 is 0 Å². The fourth-order valence-corrected chi connectivity index (χ4v) is 2.33. The number of hydrogen-bond acceptors (Lipinski definition) is 2. The smallest absolute Gasteiger partial charge is 0.0860 e. The minimum absolute atomic E-state index is 0.0451. The molecule has 16 heavy (non-hydrogen) atoms. The molecule has 0 aromatic heterocycles. The van der Waals surface area contributed by atoms with Crippen LogP contribution in [-0.4, -0.2) is 23.9 Å². The molecule has 0 amide bonds. The number of hydrogen-bond donors (Lipinski definition) is 1. The molecule has 88 valence electrons. The van der Waals surface area contributed by atoms with E-state index in [0.29, 0.717) is 5.92 Å². The predicted molar refractivity (Wildman–Crippen MR) is 64.3 cm³/mol. The monoisotopic (exact) mass is 220 g/mol. The predicted octanol–water partition coefficient (Wildman–Crippen LogP) is 2.41. The Labute approximate surface area is 97.3 Å². The van der Waals surface area contributed by atoms with Crippen LogP contribution in [0.15, 0.2) is 30.3 Å². The van der Waals surface area contributed by atoms with Crippen molar-refractivity contribution in [3.05, 3.63) is 35.9 Å². The van der Waals surface area contributed by atoms with Gasteiger partial charge in [-0.15, -0.1) is 0 Å². The molecule has 1 aromatic carbocycles. The highest BCUT2D eigenvalue weighted by Crippen LogP contribution is 2.24. The van der Waals surface area contributed by atoms with E-state index in [1.54, 1.807) is 0 Å². The van der Waals surface area contributed by atoms with Crippen molar-refractivity contribution in [1.29, 1.82) is 0 Å². The molecule has 1 aromatic rings. The van der Waals surface area contributed by atoms with Gasteiger partial charge in [-0.2, -0.15) is 0 Å². The van der Waals surface area contributed by atoms with Crippen molar-refractivity contribution < 1.29 is 9.84 Å². The SMILES string of the molecule is CC1CCOC1C(O)CCc1ccccc1. The number of aliphatic hydroxyl groups excluding tert-OH is 1. The van der Waals surface area contributed by atoms with E-state index in [0.717, 1.165) is 25.9 Å². The van der Waals surface area contributed by atoms with Gasteiger partial charge in [0, 0.05) is 6.61 Å². The van der Waals surface area contributed by atoms with Crippen LogP contribution in [0.1, 0.15) is 25.3 Å². The second kappa shape index (κ2) is 5.46. The molecule has 1 heterocycles. The van der Waals surface area contributed by atoms with E-state index >= 15 is 0 Å². The van der Waals surface area contributed by atoms with E-state index in [-0.39, 0.29) is 12.2 Å². The first kappa shape index (κ1) is 11.6. The number of rotatable bonds is 4. The molecule has 0 spiro atoms. The third kappa shape index (κ3) is 2.83. The number of aryl methyl sites for hydroxylation is 1. The number of aliphatic hydroxyl groups is 1. The summed E-state index contributed by atoms with van der Waals surface area (Å²) in [5.41, 5.74) is 1.28. The first-order valence-corrected chi connectivity index (χ1v) is 6.11. The van der Waals surface area contributed by atoms with E-state index < -0.39 is 0 Å². The lowest BCUT2D eigenvalue weighted by molar-refractivity contribution is -0.0197. The molecule has 1 N–H and O–H groups in total. The van der Waals surface area contributed by atoms with Gasteiger partial charge in [0.15, 0.2) is 0 Å². The molecule has 0 aliphatic carbocycles. The zero-order valence-electron chi connectivity index (χ0n) is 9.80. The first-order chi connectivity index (χ1) is 7.77. The minimum Gasteiger partial charge on any atom is -0.390 e. The summed E-state index contributed by atoms with van der Waals surface area (Å²) >= 11 is 0. The lowest BCUT2D eigenvalue weighted by Crippen LogP contribution is -2.30. The summed E-state index contributed by atoms with van der Waals surface area (Å²) < 4.78 is 5.57. The van der Waals surface area contributed by atoms with Gasteiger partial charge in [-0.1, -0.05) is 37.3 Å². The van der Waals surface area contributed by atoms with Gasteiger partial charge in [-0.05, 0) is 30.7 Å². The van der Waals surface area contributed by atoms with Crippen molar-refractivity contribution in [1.82, 2.24) is 0 Å². The quantitative estimate of drug-likeness (QED) is 0.844. The molecule has 0 saturated carbocycles. The molecule has 1 aliphatic rings. The standard InChI is InChI=1S/C14H20O2/c1-11-9-10-16-14(11)13(15)8-7-12-5-3-2-4-6-12/h2-6,11,13-15H,7-10H2,1H3. The second-order valence-electron chi connectivity index (χ2n) is 4.69. The van der Waals surface area contributed by atoms with Crippen LogP contribution in [-0.2, 0) is 11.2 Å². The lowest BCUT2D eigenvalue weighted by Gasteiger charge is -2.21. The molecule has 0 bridgehead atoms. The third-order valence-corrected chi connectivity index (χ3v) is 3.40. The van der Waals surface area contributed by atoms with Crippen LogP contribution < -0.4 is 0 Å². The Kier molecular flexibility index (Phi) is 3.97. The average Bonchev–Trinajstić information content (AvgIpc) is 2.74. The maximum atomic E-state index is 10.1. The van der Waals surface area contributed by atoms with Gasteiger partial charge >= 0.3 is 0 Å². The van der Waals surface area contributed by atoms with Gasteiger partial charge in [0.25, 0.3) is 0 Å². The maximum absolute atomic E-state index is 10.1. The van der Waals surface area contributed by atoms with Crippen LogP contribution in [0, 0.1) is 5.92 Å². The topological polar surface area (TPSA) is 29.5 Å². The highest BCUT2D eigenvalue weighted by molar-refractivity contribution is 5.14. The summed E-state index contributed by atoms with van der Waals surface area (Å²) in [7, 11) is 0.